The zero-order valence-electron chi connectivity index (χ0n) is 13.1. The zero-order chi connectivity index (χ0) is 15.7. The van der Waals surface area contributed by atoms with E-state index in [4.69, 9.17) is 0 Å². The molecule has 0 unspecified atom stereocenters. The molecule has 0 spiro atoms. The van der Waals surface area contributed by atoms with E-state index in [1.54, 1.807) is 6.07 Å². The number of hydrogen-bond acceptors (Lipinski definition) is 3. The topological polar surface area (TPSA) is 71.1 Å². The van der Waals surface area contributed by atoms with Crippen LogP contribution in [0.3, 0.4) is 0 Å². The molecule has 116 valence electrons. The second-order valence-electron chi connectivity index (χ2n) is 5.51. The molecular formula is C16H25N3O2. The third kappa shape index (κ3) is 6.38. The summed E-state index contributed by atoms with van der Waals surface area (Å²) in [4.78, 5) is 27.9. The molecule has 5 nitrogen and oxygen atoms in total. The Morgan fingerprint density at radius 1 is 1.10 bits per heavy atom. The maximum atomic E-state index is 12.0. The van der Waals surface area contributed by atoms with Crippen molar-refractivity contribution in [1.82, 2.24) is 15.6 Å². The van der Waals surface area contributed by atoms with Gasteiger partial charge in [-0.3, -0.25) is 14.6 Å². The van der Waals surface area contributed by atoms with Crippen LogP contribution in [0.4, 0.5) is 0 Å². The van der Waals surface area contributed by atoms with E-state index in [1.165, 1.54) is 12.4 Å². The summed E-state index contributed by atoms with van der Waals surface area (Å²) >= 11 is 0. The molecule has 21 heavy (non-hydrogen) atoms. The largest absolute Gasteiger partial charge is 0.352 e. The van der Waals surface area contributed by atoms with Gasteiger partial charge in [-0.25, -0.2) is 0 Å². The molecule has 1 aromatic heterocycles. The summed E-state index contributed by atoms with van der Waals surface area (Å²) in [5, 5.41) is 5.65. The summed E-state index contributed by atoms with van der Waals surface area (Å²) in [5.74, 6) is 0.165. The Kier molecular flexibility index (Phi) is 7.43. The molecule has 0 aromatic carbocycles. The highest BCUT2D eigenvalue weighted by molar-refractivity contribution is 5.99. The molecule has 0 aliphatic heterocycles. The van der Waals surface area contributed by atoms with Crippen molar-refractivity contribution in [1.29, 1.82) is 0 Å². The highest BCUT2D eigenvalue weighted by atomic mass is 16.2. The van der Waals surface area contributed by atoms with Crippen molar-refractivity contribution in [2.45, 2.75) is 40.0 Å². The van der Waals surface area contributed by atoms with Crippen molar-refractivity contribution in [2.75, 3.05) is 13.1 Å². The van der Waals surface area contributed by atoms with Crippen LogP contribution in [0.25, 0.3) is 0 Å². The van der Waals surface area contributed by atoms with E-state index >= 15 is 0 Å². The summed E-state index contributed by atoms with van der Waals surface area (Å²) < 4.78 is 0. The Balaban J connectivity index is 2.58. The van der Waals surface area contributed by atoms with Gasteiger partial charge in [0.25, 0.3) is 11.8 Å². The maximum absolute atomic E-state index is 12.0. The number of unbranched alkanes of at least 4 members (excludes halogenated alkanes) is 1. The molecule has 2 N–H and O–H groups in total. The van der Waals surface area contributed by atoms with E-state index in [2.05, 4.69) is 36.4 Å². The summed E-state index contributed by atoms with van der Waals surface area (Å²) in [7, 11) is 0. The fraction of sp³-hybridized carbons (Fsp3) is 0.562. The number of hydrogen-bond donors (Lipinski definition) is 2. The molecule has 1 rings (SSSR count). The predicted molar refractivity (Wildman–Crippen MR) is 83.3 cm³/mol. The van der Waals surface area contributed by atoms with Crippen LogP contribution in [-0.2, 0) is 0 Å². The molecule has 0 saturated heterocycles. The zero-order valence-corrected chi connectivity index (χ0v) is 13.1. The highest BCUT2D eigenvalue weighted by Gasteiger charge is 2.10. The van der Waals surface area contributed by atoms with Crippen LogP contribution < -0.4 is 10.6 Å². The lowest BCUT2D eigenvalue weighted by molar-refractivity contribution is 0.0951. The van der Waals surface area contributed by atoms with Crippen LogP contribution in [0.1, 0.15) is 60.7 Å². The number of carbonyl (C=O) groups is 2. The SMILES string of the molecule is CCCCNC(=O)c1cncc(C(=O)NCCC(C)C)c1. The molecule has 0 aliphatic rings. The van der Waals surface area contributed by atoms with Crippen molar-refractivity contribution in [3.63, 3.8) is 0 Å². The number of amides is 2. The van der Waals surface area contributed by atoms with Crippen LogP contribution >= 0.6 is 0 Å². The second kappa shape index (κ2) is 9.10. The van der Waals surface area contributed by atoms with E-state index in [0.717, 1.165) is 19.3 Å². The summed E-state index contributed by atoms with van der Waals surface area (Å²) in [6.45, 7) is 7.54. The Morgan fingerprint density at radius 3 is 2.19 bits per heavy atom. The van der Waals surface area contributed by atoms with Crippen molar-refractivity contribution in [2.24, 2.45) is 5.92 Å². The molecule has 0 radical (unpaired) electrons. The fourth-order valence-electron chi connectivity index (χ4n) is 1.75. The van der Waals surface area contributed by atoms with Gasteiger partial charge in [-0.1, -0.05) is 27.2 Å². The molecule has 0 atom stereocenters. The number of nitrogens with one attached hydrogen (secondary N) is 2. The minimum atomic E-state index is -0.189. The van der Waals surface area contributed by atoms with Crippen molar-refractivity contribution >= 4 is 11.8 Å². The molecule has 1 aromatic rings. The Hall–Kier alpha value is -1.91. The lowest BCUT2D eigenvalue weighted by atomic mass is 10.1. The average Bonchev–Trinajstić information content (AvgIpc) is 2.47. The van der Waals surface area contributed by atoms with Crippen LogP contribution in [0.2, 0.25) is 0 Å². The molecular weight excluding hydrogens is 266 g/mol. The quantitative estimate of drug-likeness (QED) is 0.722. The highest BCUT2D eigenvalue weighted by Crippen LogP contribution is 2.04. The molecule has 5 heteroatoms. The maximum Gasteiger partial charge on any atom is 0.252 e. The standard InChI is InChI=1S/C16H25N3O2/c1-4-5-7-18-15(20)13-9-14(11-17-10-13)16(21)19-8-6-12(2)3/h9-12H,4-8H2,1-3H3,(H,18,20)(H,19,21). The lowest BCUT2D eigenvalue weighted by Gasteiger charge is -2.08. The predicted octanol–water partition coefficient (Wildman–Crippen LogP) is 2.39. The smallest absolute Gasteiger partial charge is 0.252 e. The molecule has 0 bridgehead atoms. The van der Waals surface area contributed by atoms with Crippen molar-refractivity contribution in [3.05, 3.63) is 29.6 Å². The van der Waals surface area contributed by atoms with Crippen LogP contribution in [-0.4, -0.2) is 29.9 Å². The van der Waals surface area contributed by atoms with E-state index < -0.39 is 0 Å². The average molecular weight is 291 g/mol. The molecule has 0 saturated carbocycles. The van der Waals surface area contributed by atoms with Crippen molar-refractivity contribution in [3.8, 4) is 0 Å². The molecule has 1 heterocycles. The first-order valence-electron chi connectivity index (χ1n) is 7.56. The first kappa shape index (κ1) is 17.1. The van der Waals surface area contributed by atoms with Crippen LogP contribution in [0, 0.1) is 5.92 Å². The number of rotatable bonds is 8. The van der Waals surface area contributed by atoms with Gasteiger partial charge in [0.2, 0.25) is 0 Å². The van der Waals surface area contributed by atoms with Crippen LogP contribution in [0.5, 0.6) is 0 Å². The fourth-order valence-corrected chi connectivity index (χ4v) is 1.75. The molecule has 0 fully saturated rings. The van der Waals surface area contributed by atoms with E-state index in [-0.39, 0.29) is 11.8 Å². The van der Waals surface area contributed by atoms with Gasteiger partial charge in [0.05, 0.1) is 11.1 Å². The van der Waals surface area contributed by atoms with E-state index in [0.29, 0.717) is 30.1 Å². The van der Waals surface area contributed by atoms with Gasteiger partial charge in [0.1, 0.15) is 0 Å². The minimum Gasteiger partial charge on any atom is -0.352 e. The van der Waals surface area contributed by atoms with Gasteiger partial charge in [-0.15, -0.1) is 0 Å². The number of aromatic nitrogens is 1. The van der Waals surface area contributed by atoms with Crippen molar-refractivity contribution < 1.29 is 9.59 Å². The summed E-state index contributed by atoms with van der Waals surface area (Å²) in [5.41, 5.74) is 0.838. The number of pyridine rings is 1. The Labute approximate surface area is 126 Å². The van der Waals surface area contributed by atoms with E-state index in [9.17, 15) is 9.59 Å². The monoisotopic (exact) mass is 291 g/mol. The Morgan fingerprint density at radius 2 is 1.67 bits per heavy atom. The van der Waals surface area contributed by atoms with E-state index in [1.807, 2.05) is 0 Å². The summed E-state index contributed by atoms with van der Waals surface area (Å²) in [6, 6.07) is 1.58. The Bertz CT molecular complexity index is 472. The van der Waals surface area contributed by atoms with Gasteiger partial charge in [0, 0.05) is 25.5 Å². The first-order chi connectivity index (χ1) is 10.0. The van der Waals surface area contributed by atoms with Gasteiger partial charge >= 0.3 is 0 Å². The number of carbonyl (C=O) groups excluding carboxylic acids is 2. The third-order valence-electron chi connectivity index (χ3n) is 3.09. The normalized spacial score (nSPS) is 10.5. The second-order valence-corrected chi connectivity index (χ2v) is 5.51. The van der Waals surface area contributed by atoms with Gasteiger partial charge in [0.15, 0.2) is 0 Å². The van der Waals surface area contributed by atoms with Gasteiger partial charge < -0.3 is 10.6 Å². The third-order valence-corrected chi connectivity index (χ3v) is 3.09. The minimum absolute atomic E-state index is 0.187. The first-order valence-corrected chi connectivity index (χ1v) is 7.56. The summed E-state index contributed by atoms with van der Waals surface area (Å²) in [6.07, 6.45) is 5.85. The number of nitrogens with zero attached hydrogens (tertiary/aromatic N) is 1. The molecule has 2 amide bonds. The lowest BCUT2D eigenvalue weighted by Crippen LogP contribution is -2.27. The molecule has 0 aliphatic carbocycles. The van der Waals surface area contributed by atoms with Gasteiger partial charge in [-0.05, 0) is 24.8 Å². The van der Waals surface area contributed by atoms with Gasteiger partial charge in [-0.2, -0.15) is 0 Å². The van der Waals surface area contributed by atoms with Crippen LogP contribution in [0.15, 0.2) is 18.5 Å².